The van der Waals surface area contributed by atoms with Crippen molar-refractivity contribution in [1.82, 2.24) is 0 Å². The highest BCUT2D eigenvalue weighted by Crippen LogP contribution is 2.42. The van der Waals surface area contributed by atoms with E-state index < -0.39 is 23.7 Å². The van der Waals surface area contributed by atoms with Crippen LogP contribution in [0.5, 0.6) is 0 Å². The fourth-order valence-electron chi connectivity index (χ4n) is 3.82. The van der Waals surface area contributed by atoms with E-state index in [0.29, 0.717) is 11.1 Å². The van der Waals surface area contributed by atoms with E-state index in [1.807, 2.05) is 38.1 Å². The zero-order chi connectivity index (χ0) is 23.0. The molecule has 4 rings (SSSR count). The van der Waals surface area contributed by atoms with Gasteiger partial charge in [-0.05, 0) is 37.6 Å². The molecule has 6 heteroatoms. The monoisotopic (exact) mass is 427 g/mol. The smallest absolute Gasteiger partial charge is 0.335 e. The Balaban J connectivity index is 1.94. The summed E-state index contributed by atoms with van der Waals surface area (Å²) in [6, 6.07) is 19.2. The summed E-state index contributed by atoms with van der Waals surface area (Å²) in [5, 5.41) is 20.5. The van der Waals surface area contributed by atoms with Gasteiger partial charge in [0.15, 0.2) is 0 Å². The SMILES string of the molecule is Cc1ccc(/C(O)=C2\C(=O)C(=O)N(c3cccc(C(=O)O)c3)[C@@H]2c2ccc(C)cc2)cc1. The first-order valence-corrected chi connectivity index (χ1v) is 10.1. The van der Waals surface area contributed by atoms with Gasteiger partial charge in [0.25, 0.3) is 11.7 Å². The van der Waals surface area contributed by atoms with Gasteiger partial charge in [-0.2, -0.15) is 0 Å². The Kier molecular flexibility index (Phi) is 5.36. The molecule has 1 atom stereocenters. The van der Waals surface area contributed by atoms with Crippen LogP contribution >= 0.6 is 0 Å². The van der Waals surface area contributed by atoms with Crippen molar-refractivity contribution in [2.45, 2.75) is 19.9 Å². The zero-order valence-electron chi connectivity index (χ0n) is 17.6. The maximum Gasteiger partial charge on any atom is 0.335 e. The number of aliphatic hydroxyl groups is 1. The second-order valence-electron chi connectivity index (χ2n) is 7.80. The van der Waals surface area contributed by atoms with Gasteiger partial charge in [0.2, 0.25) is 0 Å². The van der Waals surface area contributed by atoms with Crippen LogP contribution in [-0.2, 0) is 9.59 Å². The Labute approximate surface area is 185 Å². The highest BCUT2D eigenvalue weighted by Gasteiger charge is 2.47. The predicted molar refractivity (Wildman–Crippen MR) is 121 cm³/mol. The second kappa shape index (κ2) is 8.15. The number of amides is 1. The molecule has 6 nitrogen and oxygen atoms in total. The Hall–Kier alpha value is -4.19. The molecule has 32 heavy (non-hydrogen) atoms. The first kappa shape index (κ1) is 21.1. The van der Waals surface area contributed by atoms with Crippen LogP contribution in [0.3, 0.4) is 0 Å². The van der Waals surface area contributed by atoms with E-state index in [4.69, 9.17) is 0 Å². The average Bonchev–Trinajstić information content (AvgIpc) is 3.05. The van der Waals surface area contributed by atoms with Gasteiger partial charge < -0.3 is 10.2 Å². The summed E-state index contributed by atoms with van der Waals surface area (Å²) in [5.41, 5.74) is 3.25. The third kappa shape index (κ3) is 3.67. The molecular weight excluding hydrogens is 406 g/mol. The maximum atomic E-state index is 13.1. The van der Waals surface area contributed by atoms with Crippen LogP contribution in [0.2, 0.25) is 0 Å². The molecule has 3 aromatic carbocycles. The number of carbonyl (C=O) groups is 3. The quantitative estimate of drug-likeness (QED) is 0.360. The molecule has 1 amide bonds. The Morgan fingerprint density at radius 2 is 1.41 bits per heavy atom. The molecule has 0 aliphatic carbocycles. The number of ketones is 1. The van der Waals surface area contributed by atoms with Gasteiger partial charge in [0.1, 0.15) is 5.76 Å². The Bertz CT molecular complexity index is 1260. The molecule has 1 fully saturated rings. The van der Waals surface area contributed by atoms with Crippen LogP contribution < -0.4 is 4.90 Å². The molecule has 1 heterocycles. The van der Waals surface area contributed by atoms with Crippen molar-refractivity contribution in [3.8, 4) is 0 Å². The summed E-state index contributed by atoms with van der Waals surface area (Å²) >= 11 is 0. The molecule has 0 aromatic heterocycles. The number of benzene rings is 3. The molecule has 0 bridgehead atoms. The van der Waals surface area contributed by atoms with Gasteiger partial charge in [-0.1, -0.05) is 65.7 Å². The average molecular weight is 427 g/mol. The highest BCUT2D eigenvalue weighted by atomic mass is 16.4. The summed E-state index contributed by atoms with van der Waals surface area (Å²) in [6.07, 6.45) is 0. The summed E-state index contributed by atoms with van der Waals surface area (Å²) < 4.78 is 0. The Morgan fingerprint density at radius 1 is 0.812 bits per heavy atom. The minimum Gasteiger partial charge on any atom is -0.507 e. The lowest BCUT2D eigenvalue weighted by atomic mass is 9.94. The van der Waals surface area contributed by atoms with E-state index in [1.54, 1.807) is 30.3 Å². The zero-order valence-corrected chi connectivity index (χ0v) is 17.6. The molecule has 3 aromatic rings. The highest BCUT2D eigenvalue weighted by molar-refractivity contribution is 6.51. The van der Waals surface area contributed by atoms with Crippen LogP contribution in [0.25, 0.3) is 5.76 Å². The van der Waals surface area contributed by atoms with Crippen molar-refractivity contribution in [3.05, 3.63) is 106 Å². The number of carboxylic acids is 1. The summed E-state index contributed by atoms with van der Waals surface area (Å²) in [4.78, 5) is 39.0. The third-order valence-electron chi connectivity index (χ3n) is 5.53. The molecule has 0 unspecified atom stereocenters. The van der Waals surface area contributed by atoms with Crippen molar-refractivity contribution in [2.75, 3.05) is 4.90 Å². The number of aliphatic hydroxyl groups excluding tert-OH is 1. The van der Waals surface area contributed by atoms with Crippen LogP contribution in [0.4, 0.5) is 5.69 Å². The number of nitrogens with zero attached hydrogens (tertiary/aromatic N) is 1. The van der Waals surface area contributed by atoms with Crippen molar-refractivity contribution >= 4 is 29.1 Å². The number of carboxylic acid groups (broad SMARTS) is 1. The van der Waals surface area contributed by atoms with E-state index >= 15 is 0 Å². The van der Waals surface area contributed by atoms with Gasteiger partial charge in [-0.15, -0.1) is 0 Å². The van der Waals surface area contributed by atoms with Crippen molar-refractivity contribution in [2.24, 2.45) is 0 Å². The van der Waals surface area contributed by atoms with Gasteiger partial charge >= 0.3 is 5.97 Å². The molecule has 160 valence electrons. The van der Waals surface area contributed by atoms with Gasteiger partial charge in [-0.25, -0.2) is 4.79 Å². The maximum absolute atomic E-state index is 13.1. The number of Topliss-reactive ketones (excluding diaryl/α,β-unsaturated/α-hetero) is 1. The topological polar surface area (TPSA) is 94.9 Å². The molecular formula is C26H21NO5. The number of aromatic carboxylic acids is 1. The predicted octanol–water partition coefficient (Wildman–Crippen LogP) is 4.63. The van der Waals surface area contributed by atoms with E-state index in [9.17, 15) is 24.6 Å². The lowest BCUT2D eigenvalue weighted by Gasteiger charge is -2.25. The number of rotatable bonds is 4. The fraction of sp³-hybridized carbons (Fsp3) is 0.115. The minimum atomic E-state index is -1.14. The Morgan fingerprint density at radius 3 is 2.00 bits per heavy atom. The van der Waals surface area contributed by atoms with Crippen LogP contribution in [0, 0.1) is 13.8 Å². The van der Waals surface area contributed by atoms with Crippen molar-refractivity contribution < 1.29 is 24.6 Å². The normalized spacial score (nSPS) is 17.6. The van der Waals surface area contributed by atoms with Crippen LogP contribution in [0.1, 0.15) is 38.7 Å². The van der Waals surface area contributed by atoms with Crippen LogP contribution in [-0.4, -0.2) is 27.9 Å². The van der Waals surface area contributed by atoms with Gasteiger partial charge in [-0.3, -0.25) is 14.5 Å². The second-order valence-corrected chi connectivity index (χ2v) is 7.80. The molecule has 0 saturated carbocycles. The number of aryl methyl sites for hydroxylation is 2. The molecule has 1 aliphatic rings. The molecule has 2 N–H and O–H groups in total. The molecule has 1 aliphatic heterocycles. The summed E-state index contributed by atoms with van der Waals surface area (Å²) in [7, 11) is 0. The molecule has 1 saturated heterocycles. The van der Waals surface area contributed by atoms with Crippen molar-refractivity contribution in [3.63, 3.8) is 0 Å². The minimum absolute atomic E-state index is 0.00871. The number of anilines is 1. The van der Waals surface area contributed by atoms with Gasteiger partial charge in [0, 0.05) is 11.3 Å². The van der Waals surface area contributed by atoms with E-state index in [1.165, 1.54) is 23.1 Å². The number of hydrogen-bond acceptors (Lipinski definition) is 4. The number of hydrogen-bond donors (Lipinski definition) is 2. The van der Waals surface area contributed by atoms with E-state index in [2.05, 4.69) is 0 Å². The summed E-state index contributed by atoms with van der Waals surface area (Å²) in [5.74, 6) is -3.07. The summed E-state index contributed by atoms with van der Waals surface area (Å²) in [6.45, 7) is 3.83. The lowest BCUT2D eigenvalue weighted by molar-refractivity contribution is -0.132. The molecule has 0 spiro atoms. The van der Waals surface area contributed by atoms with Crippen molar-refractivity contribution in [1.29, 1.82) is 0 Å². The van der Waals surface area contributed by atoms with E-state index in [-0.39, 0.29) is 22.6 Å². The first-order chi connectivity index (χ1) is 15.3. The van der Waals surface area contributed by atoms with Crippen LogP contribution in [0.15, 0.2) is 78.4 Å². The first-order valence-electron chi connectivity index (χ1n) is 10.1. The largest absolute Gasteiger partial charge is 0.507 e. The third-order valence-corrected chi connectivity index (χ3v) is 5.53. The molecule has 0 radical (unpaired) electrons. The van der Waals surface area contributed by atoms with E-state index in [0.717, 1.165) is 11.1 Å². The fourth-order valence-corrected chi connectivity index (χ4v) is 3.82. The standard InChI is InChI=1S/C26H21NO5/c1-15-6-10-17(11-7-15)22-21(23(28)18-12-8-16(2)9-13-18)24(29)25(30)27(22)20-5-3-4-19(14-20)26(31)32/h3-14,22,28H,1-2H3,(H,31,32)/b23-21+/t22-/m1/s1. The lowest BCUT2D eigenvalue weighted by Crippen LogP contribution is -2.29. The number of carbonyl (C=O) groups excluding carboxylic acids is 2. The van der Waals surface area contributed by atoms with Gasteiger partial charge in [0.05, 0.1) is 17.2 Å².